The molecule has 3 aromatic rings. The van der Waals surface area contributed by atoms with Crippen LogP contribution in [-0.2, 0) is 22.6 Å². The molecule has 4 rings (SSSR count). The fraction of sp³-hybridized carbons (Fsp3) is 0.304. The van der Waals surface area contributed by atoms with E-state index in [0.29, 0.717) is 11.5 Å². The van der Waals surface area contributed by atoms with Crippen LogP contribution in [0.25, 0.3) is 11.3 Å². The number of carbonyl (C=O) groups is 2. The van der Waals surface area contributed by atoms with Gasteiger partial charge in [-0.25, -0.2) is 0 Å². The fourth-order valence-corrected chi connectivity index (χ4v) is 3.70. The van der Waals surface area contributed by atoms with Crippen molar-refractivity contribution in [3.8, 4) is 11.3 Å². The topological polar surface area (TPSA) is 109 Å². The van der Waals surface area contributed by atoms with Crippen molar-refractivity contribution in [2.45, 2.75) is 38.5 Å². The third-order valence-electron chi connectivity index (χ3n) is 5.27. The van der Waals surface area contributed by atoms with Crippen LogP contribution in [-0.4, -0.2) is 50.7 Å². The second kappa shape index (κ2) is 9.09. The zero-order valence-corrected chi connectivity index (χ0v) is 17.2. The first-order chi connectivity index (χ1) is 15.0. The average molecular weight is 420 g/mol. The van der Waals surface area contributed by atoms with Crippen LogP contribution < -0.4 is 5.32 Å². The molecule has 2 N–H and O–H groups in total. The zero-order chi connectivity index (χ0) is 21.8. The summed E-state index contributed by atoms with van der Waals surface area (Å²) in [5, 5.41) is 16.7. The van der Waals surface area contributed by atoms with Crippen LogP contribution in [0, 0.1) is 6.92 Å². The number of aromatic nitrogens is 2. The number of aliphatic hydroxyl groups is 1. The van der Waals surface area contributed by atoms with Gasteiger partial charge in [-0.05, 0) is 18.6 Å². The van der Waals surface area contributed by atoms with Gasteiger partial charge in [0.1, 0.15) is 11.8 Å². The van der Waals surface area contributed by atoms with E-state index in [4.69, 9.17) is 4.52 Å². The monoisotopic (exact) mass is 420 g/mol. The normalized spacial score (nSPS) is 18.2. The molecule has 1 aliphatic heterocycles. The van der Waals surface area contributed by atoms with E-state index < -0.39 is 12.1 Å². The first kappa shape index (κ1) is 20.7. The number of aliphatic hydroxyl groups excluding tert-OH is 1. The van der Waals surface area contributed by atoms with Crippen molar-refractivity contribution in [1.82, 2.24) is 20.4 Å². The zero-order valence-electron chi connectivity index (χ0n) is 17.2. The number of nitrogens with zero attached hydrogens (tertiary/aromatic N) is 3. The first-order valence-corrected chi connectivity index (χ1v) is 10.2. The van der Waals surface area contributed by atoms with Gasteiger partial charge in [-0.15, -0.1) is 0 Å². The molecule has 1 aromatic carbocycles. The lowest BCUT2D eigenvalue weighted by atomic mass is 10.1. The highest BCUT2D eigenvalue weighted by molar-refractivity contribution is 5.89. The Bertz CT molecular complexity index is 1050. The lowest BCUT2D eigenvalue weighted by Gasteiger charge is -2.23. The van der Waals surface area contributed by atoms with Gasteiger partial charge in [0.15, 0.2) is 0 Å². The number of amides is 2. The maximum atomic E-state index is 12.8. The highest BCUT2D eigenvalue weighted by atomic mass is 16.5. The van der Waals surface area contributed by atoms with Gasteiger partial charge in [-0.2, -0.15) is 0 Å². The number of likely N-dealkylation sites (tertiary alicyclic amines) is 1. The molecule has 2 atom stereocenters. The average Bonchev–Trinajstić information content (AvgIpc) is 3.38. The smallest absolute Gasteiger partial charge is 0.243 e. The van der Waals surface area contributed by atoms with E-state index in [1.807, 2.05) is 42.5 Å². The first-order valence-electron chi connectivity index (χ1n) is 10.2. The Labute approximate surface area is 179 Å². The van der Waals surface area contributed by atoms with Crippen molar-refractivity contribution in [1.29, 1.82) is 0 Å². The number of hydrogen-bond donors (Lipinski definition) is 2. The largest absolute Gasteiger partial charge is 0.391 e. The Kier molecular flexibility index (Phi) is 6.08. The molecule has 2 amide bonds. The van der Waals surface area contributed by atoms with E-state index >= 15 is 0 Å². The summed E-state index contributed by atoms with van der Waals surface area (Å²) in [6.45, 7) is 2.18. The Hall–Kier alpha value is -3.52. The van der Waals surface area contributed by atoms with Gasteiger partial charge < -0.3 is 19.8 Å². The van der Waals surface area contributed by atoms with Crippen LogP contribution in [0.4, 0.5) is 0 Å². The second-order valence-electron chi connectivity index (χ2n) is 7.70. The van der Waals surface area contributed by atoms with Crippen LogP contribution in [0.1, 0.15) is 23.4 Å². The molecule has 0 aliphatic carbocycles. The van der Waals surface area contributed by atoms with Crippen LogP contribution >= 0.6 is 0 Å². The second-order valence-corrected chi connectivity index (χ2v) is 7.70. The summed E-state index contributed by atoms with van der Waals surface area (Å²) < 4.78 is 5.10. The molecule has 2 unspecified atom stereocenters. The fourth-order valence-electron chi connectivity index (χ4n) is 3.70. The highest BCUT2D eigenvalue weighted by Gasteiger charge is 2.38. The van der Waals surface area contributed by atoms with E-state index in [0.717, 1.165) is 16.8 Å². The number of aryl methyl sites for hydroxylation is 1. The molecule has 31 heavy (non-hydrogen) atoms. The molecule has 3 heterocycles. The number of β-amino-alcohol motifs (C(OH)–C–C–N with tert-alkyl or cyclic N) is 1. The van der Waals surface area contributed by atoms with Crippen molar-refractivity contribution in [2.24, 2.45) is 0 Å². The molecule has 0 bridgehead atoms. The minimum Gasteiger partial charge on any atom is -0.391 e. The van der Waals surface area contributed by atoms with Crippen molar-refractivity contribution in [3.63, 3.8) is 0 Å². The van der Waals surface area contributed by atoms with Crippen LogP contribution in [0.3, 0.4) is 0 Å². The number of hydrogen-bond acceptors (Lipinski definition) is 6. The maximum Gasteiger partial charge on any atom is 0.243 e. The minimum absolute atomic E-state index is 0.00219. The summed E-state index contributed by atoms with van der Waals surface area (Å²) in [5.41, 5.74) is 3.41. The lowest BCUT2D eigenvalue weighted by molar-refractivity contribution is -0.138. The predicted molar refractivity (Wildman–Crippen MR) is 113 cm³/mol. The molecule has 1 aliphatic rings. The van der Waals surface area contributed by atoms with Crippen molar-refractivity contribution < 1.29 is 19.2 Å². The molecule has 8 heteroatoms. The van der Waals surface area contributed by atoms with E-state index in [-0.39, 0.29) is 37.7 Å². The van der Waals surface area contributed by atoms with Gasteiger partial charge in [0.25, 0.3) is 0 Å². The Morgan fingerprint density at radius 1 is 1.23 bits per heavy atom. The van der Waals surface area contributed by atoms with Crippen LogP contribution in [0.2, 0.25) is 0 Å². The molecule has 0 radical (unpaired) electrons. The van der Waals surface area contributed by atoms with E-state index in [2.05, 4.69) is 15.5 Å². The number of benzene rings is 1. The third-order valence-corrected chi connectivity index (χ3v) is 5.27. The lowest BCUT2D eigenvalue weighted by Crippen LogP contribution is -2.46. The van der Waals surface area contributed by atoms with Crippen LogP contribution in [0.15, 0.2) is 59.3 Å². The molecule has 8 nitrogen and oxygen atoms in total. The standard InChI is InChI=1S/C23H24N4O4/c1-15-9-19(31-26-15)11-22(29)27-14-18(28)10-21(27)23(30)25-13-16-7-8-20(24-12-16)17-5-3-2-4-6-17/h2-9,12,18,21,28H,10-11,13-14H2,1H3,(H,25,30). The summed E-state index contributed by atoms with van der Waals surface area (Å²) in [5.74, 6) is -0.139. The van der Waals surface area contributed by atoms with Crippen molar-refractivity contribution >= 4 is 11.8 Å². The third kappa shape index (κ3) is 4.97. The summed E-state index contributed by atoms with van der Waals surface area (Å²) in [6.07, 6.45) is 1.20. The van der Waals surface area contributed by atoms with Gasteiger partial charge in [-0.3, -0.25) is 14.6 Å². The van der Waals surface area contributed by atoms with Crippen molar-refractivity contribution in [3.05, 3.63) is 71.7 Å². The summed E-state index contributed by atoms with van der Waals surface area (Å²) in [7, 11) is 0. The minimum atomic E-state index is -0.733. The molecule has 1 saturated heterocycles. The van der Waals surface area contributed by atoms with Gasteiger partial charge in [0.05, 0.1) is 23.9 Å². The Balaban J connectivity index is 1.36. The molecule has 0 spiro atoms. The van der Waals surface area contributed by atoms with E-state index in [9.17, 15) is 14.7 Å². The quantitative estimate of drug-likeness (QED) is 0.630. The summed E-state index contributed by atoms with van der Waals surface area (Å²) in [6, 6.07) is 14.6. The molecule has 1 fully saturated rings. The highest BCUT2D eigenvalue weighted by Crippen LogP contribution is 2.20. The summed E-state index contributed by atoms with van der Waals surface area (Å²) >= 11 is 0. The van der Waals surface area contributed by atoms with Crippen molar-refractivity contribution in [2.75, 3.05) is 6.54 Å². The van der Waals surface area contributed by atoms with Gasteiger partial charge in [0.2, 0.25) is 11.8 Å². The van der Waals surface area contributed by atoms with E-state index in [1.54, 1.807) is 19.2 Å². The molecular formula is C23H24N4O4. The Morgan fingerprint density at radius 3 is 2.71 bits per heavy atom. The van der Waals surface area contributed by atoms with Gasteiger partial charge >= 0.3 is 0 Å². The van der Waals surface area contributed by atoms with Gasteiger partial charge in [-0.1, -0.05) is 41.6 Å². The van der Waals surface area contributed by atoms with Crippen LogP contribution in [0.5, 0.6) is 0 Å². The van der Waals surface area contributed by atoms with Gasteiger partial charge in [0, 0.05) is 37.3 Å². The summed E-state index contributed by atoms with van der Waals surface area (Å²) in [4.78, 5) is 31.3. The number of rotatable bonds is 6. The molecule has 2 aromatic heterocycles. The number of pyridine rings is 1. The molecule has 0 saturated carbocycles. The maximum absolute atomic E-state index is 12.8. The number of carbonyl (C=O) groups excluding carboxylic acids is 2. The number of nitrogens with one attached hydrogen (secondary N) is 1. The molecule has 160 valence electrons. The SMILES string of the molecule is Cc1cc(CC(=O)N2CC(O)CC2C(=O)NCc2ccc(-c3ccccc3)nc2)on1. The van der Waals surface area contributed by atoms with E-state index in [1.165, 1.54) is 4.90 Å². The molecular weight excluding hydrogens is 396 g/mol. The predicted octanol–water partition coefficient (Wildman–Crippen LogP) is 1.87. The Morgan fingerprint density at radius 2 is 2.03 bits per heavy atom.